The summed E-state index contributed by atoms with van der Waals surface area (Å²) in [5, 5.41) is 3.26. The molecule has 0 aromatic heterocycles. The van der Waals surface area contributed by atoms with Crippen LogP contribution in [0.1, 0.15) is 22.8 Å². The Kier molecular flexibility index (Phi) is 3.99. The van der Waals surface area contributed by atoms with Crippen molar-refractivity contribution in [1.82, 2.24) is 10.2 Å². The van der Waals surface area contributed by atoms with Crippen molar-refractivity contribution in [2.24, 2.45) is 0 Å². The van der Waals surface area contributed by atoms with Gasteiger partial charge in [-0.25, -0.2) is 0 Å². The second-order valence-electron chi connectivity index (χ2n) is 4.81. The van der Waals surface area contributed by atoms with Crippen molar-refractivity contribution < 1.29 is 9.53 Å². The summed E-state index contributed by atoms with van der Waals surface area (Å²) in [6, 6.07) is 6.20. The van der Waals surface area contributed by atoms with Crippen LogP contribution in [-0.2, 0) is 6.54 Å². The van der Waals surface area contributed by atoms with Crippen LogP contribution in [0.3, 0.4) is 0 Å². The second-order valence-corrected chi connectivity index (χ2v) is 4.81. The molecule has 1 fully saturated rings. The zero-order valence-corrected chi connectivity index (χ0v) is 11.2. The number of carbonyl (C=O) groups excluding carboxylic acids is 1. The topological polar surface area (TPSA) is 41.6 Å². The predicted molar refractivity (Wildman–Crippen MR) is 71.1 cm³/mol. The summed E-state index contributed by atoms with van der Waals surface area (Å²) >= 11 is 0. The van der Waals surface area contributed by atoms with E-state index in [1.54, 1.807) is 14.0 Å². The maximum Gasteiger partial charge on any atom is 0.159 e. The molecule has 0 saturated carbocycles. The van der Waals surface area contributed by atoms with Crippen LogP contribution in [0.25, 0.3) is 0 Å². The van der Waals surface area contributed by atoms with Gasteiger partial charge in [0.1, 0.15) is 5.75 Å². The van der Waals surface area contributed by atoms with E-state index in [1.807, 2.05) is 18.2 Å². The monoisotopic (exact) mass is 248 g/mol. The number of ketones is 1. The number of likely N-dealkylation sites (N-methyl/N-ethyl adjacent to an activating group) is 1. The normalized spacial score (nSPS) is 15.6. The van der Waals surface area contributed by atoms with Crippen molar-refractivity contribution in [2.75, 3.05) is 27.2 Å². The minimum atomic E-state index is 0.0897. The van der Waals surface area contributed by atoms with Gasteiger partial charge in [-0.2, -0.15) is 0 Å². The van der Waals surface area contributed by atoms with Gasteiger partial charge in [-0.15, -0.1) is 0 Å². The van der Waals surface area contributed by atoms with E-state index in [1.165, 1.54) is 0 Å². The molecule has 1 aliphatic rings. The van der Waals surface area contributed by atoms with Crippen LogP contribution in [0.4, 0.5) is 0 Å². The molecule has 1 aromatic carbocycles. The van der Waals surface area contributed by atoms with Crippen molar-refractivity contribution in [2.45, 2.75) is 19.5 Å². The van der Waals surface area contributed by atoms with E-state index >= 15 is 0 Å². The van der Waals surface area contributed by atoms with Crippen molar-refractivity contribution in [3.63, 3.8) is 0 Å². The van der Waals surface area contributed by atoms with E-state index in [0.717, 1.165) is 36.5 Å². The number of ether oxygens (including phenoxy) is 1. The van der Waals surface area contributed by atoms with Crippen LogP contribution in [0, 0.1) is 0 Å². The standard InChI is InChI=1S/C14H20N2O2/c1-10(17)11-4-5-14(18-3)12(6-11)9-16(2)13-7-15-8-13/h4-6,13,15H,7-9H2,1-3H3. The molecule has 0 bridgehead atoms. The smallest absolute Gasteiger partial charge is 0.159 e. The Morgan fingerprint density at radius 1 is 1.50 bits per heavy atom. The van der Waals surface area contributed by atoms with Gasteiger partial charge in [0.2, 0.25) is 0 Å². The number of methoxy groups -OCH3 is 1. The maximum atomic E-state index is 11.4. The van der Waals surface area contributed by atoms with E-state index in [-0.39, 0.29) is 5.78 Å². The number of carbonyl (C=O) groups is 1. The first-order chi connectivity index (χ1) is 8.61. The molecule has 4 nitrogen and oxygen atoms in total. The minimum Gasteiger partial charge on any atom is -0.496 e. The van der Waals surface area contributed by atoms with Crippen LogP contribution in [0.5, 0.6) is 5.75 Å². The highest BCUT2D eigenvalue weighted by Crippen LogP contribution is 2.22. The summed E-state index contributed by atoms with van der Waals surface area (Å²) in [6.45, 7) is 4.46. The lowest BCUT2D eigenvalue weighted by Crippen LogP contribution is -2.55. The third kappa shape index (κ3) is 2.71. The fourth-order valence-electron chi connectivity index (χ4n) is 2.10. The molecule has 1 N–H and O–H groups in total. The molecule has 0 atom stereocenters. The van der Waals surface area contributed by atoms with E-state index in [4.69, 9.17) is 4.74 Å². The molecule has 1 aromatic rings. The Hall–Kier alpha value is -1.39. The second kappa shape index (κ2) is 5.50. The van der Waals surface area contributed by atoms with Crippen molar-refractivity contribution in [3.8, 4) is 5.75 Å². The Morgan fingerprint density at radius 3 is 2.72 bits per heavy atom. The lowest BCUT2D eigenvalue weighted by atomic mass is 10.0. The van der Waals surface area contributed by atoms with Crippen molar-refractivity contribution in [1.29, 1.82) is 0 Å². The molecule has 1 aliphatic heterocycles. The van der Waals surface area contributed by atoms with Gasteiger partial charge < -0.3 is 10.1 Å². The molecule has 18 heavy (non-hydrogen) atoms. The molecule has 0 amide bonds. The fraction of sp³-hybridized carbons (Fsp3) is 0.500. The van der Waals surface area contributed by atoms with Gasteiger partial charge in [0.25, 0.3) is 0 Å². The highest BCUT2D eigenvalue weighted by atomic mass is 16.5. The largest absolute Gasteiger partial charge is 0.496 e. The molecule has 1 heterocycles. The summed E-state index contributed by atoms with van der Waals surface area (Å²) in [7, 11) is 3.77. The molecule has 1 saturated heterocycles. The van der Waals surface area contributed by atoms with Gasteiger partial charge in [-0.3, -0.25) is 9.69 Å². The van der Waals surface area contributed by atoms with Gasteiger partial charge >= 0.3 is 0 Å². The average molecular weight is 248 g/mol. The first-order valence-corrected chi connectivity index (χ1v) is 6.20. The first kappa shape index (κ1) is 13.1. The molecule has 0 radical (unpaired) electrons. The molecule has 0 aliphatic carbocycles. The average Bonchev–Trinajstić information content (AvgIpc) is 2.26. The van der Waals surface area contributed by atoms with Gasteiger partial charge in [0.05, 0.1) is 7.11 Å². The number of hydrogen-bond donors (Lipinski definition) is 1. The van der Waals surface area contributed by atoms with E-state index in [0.29, 0.717) is 6.04 Å². The minimum absolute atomic E-state index is 0.0897. The van der Waals surface area contributed by atoms with Gasteiger partial charge in [0, 0.05) is 36.8 Å². The molecule has 2 rings (SSSR count). The summed E-state index contributed by atoms with van der Waals surface area (Å²) < 4.78 is 5.36. The predicted octanol–water partition coefficient (Wildman–Crippen LogP) is 1.30. The third-order valence-electron chi connectivity index (χ3n) is 3.49. The van der Waals surface area contributed by atoms with Crippen LogP contribution in [0.15, 0.2) is 18.2 Å². The van der Waals surface area contributed by atoms with Crippen LogP contribution in [-0.4, -0.2) is 44.0 Å². The molecule has 98 valence electrons. The third-order valence-corrected chi connectivity index (χ3v) is 3.49. The summed E-state index contributed by atoms with van der Waals surface area (Å²) in [4.78, 5) is 13.7. The van der Waals surface area contributed by atoms with E-state index in [9.17, 15) is 4.79 Å². The summed E-state index contributed by atoms with van der Waals surface area (Å²) in [5.74, 6) is 0.936. The molecular weight excluding hydrogens is 228 g/mol. The van der Waals surface area contributed by atoms with E-state index in [2.05, 4.69) is 17.3 Å². The number of nitrogens with one attached hydrogen (secondary N) is 1. The van der Waals surface area contributed by atoms with E-state index < -0.39 is 0 Å². The number of hydrogen-bond acceptors (Lipinski definition) is 4. The zero-order chi connectivity index (χ0) is 13.1. The zero-order valence-electron chi connectivity index (χ0n) is 11.2. The van der Waals surface area contributed by atoms with Crippen LogP contribution < -0.4 is 10.1 Å². The summed E-state index contributed by atoms with van der Waals surface area (Å²) in [6.07, 6.45) is 0. The first-order valence-electron chi connectivity index (χ1n) is 6.20. The molecular formula is C14H20N2O2. The maximum absolute atomic E-state index is 11.4. The number of Topliss-reactive ketones (excluding diaryl/α,β-unsaturated/α-hetero) is 1. The van der Waals surface area contributed by atoms with Crippen LogP contribution in [0.2, 0.25) is 0 Å². The molecule has 4 heteroatoms. The quantitative estimate of drug-likeness (QED) is 0.798. The lowest BCUT2D eigenvalue weighted by Gasteiger charge is -2.35. The van der Waals surface area contributed by atoms with Crippen molar-refractivity contribution >= 4 is 5.78 Å². The summed E-state index contributed by atoms with van der Waals surface area (Å²) in [5.41, 5.74) is 1.81. The lowest BCUT2D eigenvalue weighted by molar-refractivity contribution is 0.101. The molecule has 0 spiro atoms. The highest BCUT2D eigenvalue weighted by Gasteiger charge is 2.22. The SMILES string of the molecule is COc1ccc(C(C)=O)cc1CN(C)C1CNC1. The Morgan fingerprint density at radius 2 is 2.22 bits per heavy atom. The number of nitrogens with zero attached hydrogens (tertiary/aromatic N) is 1. The fourth-order valence-corrected chi connectivity index (χ4v) is 2.10. The van der Waals surface area contributed by atoms with Gasteiger partial charge in [-0.1, -0.05) is 0 Å². The Labute approximate surface area is 108 Å². The number of benzene rings is 1. The molecule has 0 unspecified atom stereocenters. The van der Waals surface area contributed by atoms with Gasteiger partial charge in [0.15, 0.2) is 5.78 Å². The van der Waals surface area contributed by atoms with Gasteiger partial charge in [-0.05, 0) is 32.2 Å². The highest BCUT2D eigenvalue weighted by molar-refractivity contribution is 5.94. The van der Waals surface area contributed by atoms with Crippen molar-refractivity contribution in [3.05, 3.63) is 29.3 Å². The van der Waals surface area contributed by atoms with Crippen LogP contribution >= 0.6 is 0 Å². The Bertz CT molecular complexity index is 441. The number of rotatable bonds is 5. The Balaban J connectivity index is 2.17.